The first-order valence-electron chi connectivity index (χ1n) is 5.18. The minimum Gasteiger partial charge on any atom is -0.488 e. The molecular weight excluding hydrogens is 317 g/mol. The molecule has 0 bridgehead atoms. The molecule has 0 spiro atoms. The molecule has 1 amide bonds. The molecule has 0 radical (unpaired) electrons. The van der Waals surface area contributed by atoms with Crippen molar-refractivity contribution in [2.75, 3.05) is 13.2 Å². The second-order valence-electron chi connectivity index (χ2n) is 3.75. The molecule has 0 saturated carbocycles. The highest BCUT2D eigenvalue weighted by Crippen LogP contribution is 2.30. The van der Waals surface area contributed by atoms with Gasteiger partial charge in [-0.2, -0.15) is 0 Å². The first-order chi connectivity index (χ1) is 8.86. The largest absolute Gasteiger partial charge is 0.488 e. The summed E-state index contributed by atoms with van der Waals surface area (Å²) in [7, 11) is 1.32. The zero-order valence-electron chi connectivity index (χ0n) is 9.43. The van der Waals surface area contributed by atoms with Crippen LogP contribution in [0.2, 0.25) is 5.02 Å². The molecular formula is C10H9Cl2NO5S. The van der Waals surface area contributed by atoms with E-state index in [4.69, 9.17) is 31.8 Å². The van der Waals surface area contributed by atoms with Gasteiger partial charge in [-0.25, -0.2) is 13.2 Å². The molecule has 104 valence electrons. The number of alkyl carbamates (subject to hydrolysis) is 1. The van der Waals surface area contributed by atoms with Crippen LogP contribution in [0.15, 0.2) is 23.1 Å². The number of amides is 1. The third kappa shape index (κ3) is 3.65. The van der Waals surface area contributed by atoms with Crippen LogP contribution in [0.4, 0.5) is 4.79 Å². The van der Waals surface area contributed by atoms with Crippen molar-refractivity contribution >= 4 is 37.4 Å². The number of cyclic esters (lactones) is 1. The number of carbonyl (C=O) groups excluding carboxylic acids is 1. The molecule has 6 nitrogen and oxygen atoms in total. The summed E-state index contributed by atoms with van der Waals surface area (Å²) in [6.45, 7) is 0.315. The summed E-state index contributed by atoms with van der Waals surface area (Å²) in [6, 6.07) is 4.06. The second-order valence-corrected chi connectivity index (χ2v) is 6.72. The van der Waals surface area contributed by atoms with Gasteiger partial charge in [-0.1, -0.05) is 11.6 Å². The summed E-state index contributed by atoms with van der Waals surface area (Å²) in [6.07, 6.45) is -1.01. The zero-order chi connectivity index (χ0) is 14.0. The highest BCUT2D eigenvalue weighted by atomic mass is 35.7. The molecule has 1 fully saturated rings. The van der Waals surface area contributed by atoms with Crippen molar-refractivity contribution < 1.29 is 22.7 Å². The minimum atomic E-state index is -3.97. The first kappa shape index (κ1) is 14.2. The Labute approximate surface area is 119 Å². The number of nitrogens with one attached hydrogen (secondary N) is 1. The van der Waals surface area contributed by atoms with Crippen molar-refractivity contribution in [3.63, 3.8) is 0 Å². The third-order valence-corrected chi connectivity index (χ3v) is 3.92. The standard InChI is InChI=1S/C10H9Cl2NO5S/c11-6-1-2-8(9(3-6)19(12,15)16)17-5-7-4-13-10(14)18-7/h1-3,7H,4-5H2,(H,13,14). The van der Waals surface area contributed by atoms with Gasteiger partial charge in [0.15, 0.2) is 6.10 Å². The van der Waals surface area contributed by atoms with E-state index in [0.29, 0.717) is 6.54 Å². The highest BCUT2D eigenvalue weighted by Gasteiger charge is 2.24. The molecule has 1 aliphatic heterocycles. The lowest BCUT2D eigenvalue weighted by atomic mass is 10.3. The van der Waals surface area contributed by atoms with Crippen LogP contribution in [-0.4, -0.2) is 33.8 Å². The number of hydrogen-bond acceptors (Lipinski definition) is 5. The van der Waals surface area contributed by atoms with Crippen molar-refractivity contribution in [3.8, 4) is 5.75 Å². The van der Waals surface area contributed by atoms with E-state index in [0.717, 1.165) is 0 Å². The van der Waals surface area contributed by atoms with Gasteiger partial charge in [0, 0.05) is 15.7 Å². The minimum absolute atomic E-state index is 0.0137. The first-order valence-corrected chi connectivity index (χ1v) is 7.86. The average Bonchev–Trinajstić information content (AvgIpc) is 2.72. The van der Waals surface area contributed by atoms with Gasteiger partial charge in [0.1, 0.15) is 17.3 Å². The van der Waals surface area contributed by atoms with Crippen molar-refractivity contribution in [1.29, 1.82) is 0 Å². The van der Waals surface area contributed by atoms with Crippen LogP contribution in [0.3, 0.4) is 0 Å². The smallest absolute Gasteiger partial charge is 0.407 e. The fraction of sp³-hybridized carbons (Fsp3) is 0.300. The Hall–Kier alpha value is -1.18. The molecule has 1 unspecified atom stereocenters. The second kappa shape index (κ2) is 5.44. The quantitative estimate of drug-likeness (QED) is 0.853. The van der Waals surface area contributed by atoms with E-state index in [1.807, 2.05) is 0 Å². The van der Waals surface area contributed by atoms with Crippen LogP contribution in [-0.2, 0) is 13.8 Å². The van der Waals surface area contributed by atoms with Crippen molar-refractivity contribution in [3.05, 3.63) is 23.2 Å². The lowest BCUT2D eigenvalue weighted by Crippen LogP contribution is -2.22. The van der Waals surface area contributed by atoms with E-state index < -0.39 is 21.2 Å². The van der Waals surface area contributed by atoms with E-state index in [1.165, 1.54) is 18.2 Å². The molecule has 1 atom stereocenters. The van der Waals surface area contributed by atoms with Gasteiger partial charge in [-0.05, 0) is 18.2 Å². The fourth-order valence-corrected chi connectivity index (χ4v) is 2.73. The SMILES string of the molecule is O=C1NCC(COc2ccc(Cl)cc2S(=O)(=O)Cl)O1. The molecule has 2 rings (SSSR count). The zero-order valence-corrected chi connectivity index (χ0v) is 11.8. The third-order valence-electron chi connectivity index (χ3n) is 2.34. The van der Waals surface area contributed by atoms with Gasteiger partial charge < -0.3 is 14.8 Å². The van der Waals surface area contributed by atoms with Gasteiger partial charge in [0.2, 0.25) is 0 Å². The topological polar surface area (TPSA) is 81.7 Å². The fourth-order valence-electron chi connectivity index (χ4n) is 1.50. The van der Waals surface area contributed by atoms with Gasteiger partial charge in [0.05, 0.1) is 6.54 Å². The maximum atomic E-state index is 11.4. The Morgan fingerprint density at radius 1 is 1.47 bits per heavy atom. The molecule has 19 heavy (non-hydrogen) atoms. The Kier molecular flexibility index (Phi) is 4.07. The van der Waals surface area contributed by atoms with Gasteiger partial charge >= 0.3 is 6.09 Å². The predicted molar refractivity (Wildman–Crippen MR) is 68.3 cm³/mol. The summed E-state index contributed by atoms with van der Waals surface area (Å²) in [5, 5.41) is 2.68. The number of ether oxygens (including phenoxy) is 2. The van der Waals surface area contributed by atoms with Gasteiger partial charge in [-0.15, -0.1) is 0 Å². The van der Waals surface area contributed by atoms with Crippen LogP contribution in [0.5, 0.6) is 5.75 Å². The normalized spacial score (nSPS) is 18.8. The Morgan fingerprint density at radius 2 is 2.21 bits per heavy atom. The molecule has 1 heterocycles. The lowest BCUT2D eigenvalue weighted by molar-refractivity contribution is 0.104. The number of rotatable bonds is 4. The molecule has 1 aliphatic rings. The Morgan fingerprint density at radius 3 is 2.79 bits per heavy atom. The van der Waals surface area contributed by atoms with E-state index in [2.05, 4.69) is 5.32 Å². The van der Waals surface area contributed by atoms with Crippen molar-refractivity contribution in [2.45, 2.75) is 11.0 Å². The average molecular weight is 326 g/mol. The monoisotopic (exact) mass is 325 g/mol. The van der Waals surface area contributed by atoms with Crippen LogP contribution >= 0.6 is 22.3 Å². The molecule has 1 aromatic carbocycles. The molecule has 0 aromatic heterocycles. The maximum Gasteiger partial charge on any atom is 0.407 e. The Balaban J connectivity index is 2.14. The summed E-state index contributed by atoms with van der Waals surface area (Å²) >= 11 is 5.71. The van der Waals surface area contributed by atoms with Crippen LogP contribution in [0.1, 0.15) is 0 Å². The number of halogens is 2. The lowest BCUT2D eigenvalue weighted by Gasteiger charge is -2.12. The van der Waals surface area contributed by atoms with Gasteiger partial charge in [-0.3, -0.25) is 0 Å². The van der Waals surface area contributed by atoms with E-state index in [-0.39, 0.29) is 22.3 Å². The molecule has 1 aromatic rings. The summed E-state index contributed by atoms with van der Waals surface area (Å²) in [5.41, 5.74) is 0. The van der Waals surface area contributed by atoms with Crippen LogP contribution in [0, 0.1) is 0 Å². The van der Waals surface area contributed by atoms with Crippen LogP contribution < -0.4 is 10.1 Å². The summed E-state index contributed by atoms with van der Waals surface area (Å²) in [5.74, 6) is 0.0577. The van der Waals surface area contributed by atoms with Crippen molar-refractivity contribution in [1.82, 2.24) is 5.32 Å². The highest BCUT2D eigenvalue weighted by molar-refractivity contribution is 8.13. The number of hydrogen-bond donors (Lipinski definition) is 1. The van der Waals surface area contributed by atoms with Gasteiger partial charge in [0.25, 0.3) is 9.05 Å². The summed E-state index contributed by atoms with van der Waals surface area (Å²) < 4.78 is 32.9. The predicted octanol–water partition coefficient (Wildman–Crippen LogP) is 1.75. The van der Waals surface area contributed by atoms with Crippen LogP contribution in [0.25, 0.3) is 0 Å². The molecule has 1 saturated heterocycles. The molecule has 0 aliphatic carbocycles. The Bertz CT molecular complexity index is 604. The maximum absolute atomic E-state index is 11.4. The van der Waals surface area contributed by atoms with E-state index in [9.17, 15) is 13.2 Å². The van der Waals surface area contributed by atoms with E-state index in [1.54, 1.807) is 0 Å². The molecule has 1 N–H and O–H groups in total. The number of carbonyl (C=O) groups is 1. The molecule has 9 heteroatoms. The van der Waals surface area contributed by atoms with Crippen molar-refractivity contribution in [2.24, 2.45) is 0 Å². The van der Waals surface area contributed by atoms with E-state index >= 15 is 0 Å². The summed E-state index contributed by atoms with van der Waals surface area (Å²) in [4.78, 5) is 10.6. The number of benzene rings is 1.